The molecule has 0 aromatic rings. The van der Waals surface area contributed by atoms with Gasteiger partial charge in [-0.15, -0.1) is 0 Å². The van der Waals surface area contributed by atoms with Crippen molar-refractivity contribution >= 4 is 11.7 Å². The summed E-state index contributed by atoms with van der Waals surface area (Å²) in [5, 5.41) is 13.8. The molecule has 1 atom stereocenters. The van der Waals surface area contributed by atoms with E-state index in [0.29, 0.717) is 19.8 Å². The minimum atomic E-state index is -0.609. The van der Waals surface area contributed by atoms with E-state index in [1.807, 2.05) is 6.92 Å². The number of amidine groups is 1. The molecule has 1 unspecified atom stereocenters. The van der Waals surface area contributed by atoms with Gasteiger partial charge >= 0.3 is 0 Å². The summed E-state index contributed by atoms with van der Waals surface area (Å²) >= 11 is 0. The number of hydrogen-bond donors (Lipinski definition) is 3. The Bertz CT molecular complexity index is 219. The third kappa shape index (κ3) is 5.90. The summed E-state index contributed by atoms with van der Waals surface area (Å²) in [5.41, 5.74) is 5.28. The van der Waals surface area contributed by atoms with Crippen LogP contribution in [0.25, 0.3) is 0 Å². The Balaban J connectivity index is 3.65. The lowest BCUT2D eigenvalue weighted by atomic mass is 10.1. The largest absolute Gasteiger partial charge is 0.409 e. The van der Waals surface area contributed by atoms with E-state index >= 15 is 0 Å². The molecular formula is C9H19N3O3. The average molecular weight is 217 g/mol. The molecule has 0 rings (SSSR count). The van der Waals surface area contributed by atoms with Crippen LogP contribution in [0, 0.1) is 5.92 Å². The lowest BCUT2D eigenvalue weighted by molar-refractivity contribution is -0.122. The average Bonchev–Trinajstić information content (AvgIpc) is 2.26. The zero-order valence-corrected chi connectivity index (χ0v) is 9.19. The third-order valence-electron chi connectivity index (χ3n) is 1.92. The van der Waals surface area contributed by atoms with Crippen LogP contribution in [0.15, 0.2) is 5.16 Å². The first-order chi connectivity index (χ1) is 7.13. The molecule has 0 radical (unpaired) electrons. The van der Waals surface area contributed by atoms with E-state index in [9.17, 15) is 4.79 Å². The molecule has 15 heavy (non-hydrogen) atoms. The molecular weight excluding hydrogens is 198 g/mol. The SMILES string of the molecule is CCOCCCNC(=O)C(C)C(N)=NO. The number of nitrogens with two attached hydrogens (primary N) is 1. The number of ether oxygens (including phenoxy) is 1. The Morgan fingerprint density at radius 3 is 2.87 bits per heavy atom. The Kier molecular flexibility index (Phi) is 7.35. The number of oxime groups is 1. The van der Waals surface area contributed by atoms with E-state index in [1.54, 1.807) is 6.92 Å². The Morgan fingerprint density at radius 2 is 2.33 bits per heavy atom. The first-order valence-electron chi connectivity index (χ1n) is 4.96. The van der Waals surface area contributed by atoms with Crippen molar-refractivity contribution in [3.63, 3.8) is 0 Å². The number of carbonyl (C=O) groups is 1. The van der Waals surface area contributed by atoms with Crippen LogP contribution < -0.4 is 11.1 Å². The maximum Gasteiger partial charge on any atom is 0.230 e. The van der Waals surface area contributed by atoms with E-state index < -0.39 is 5.92 Å². The van der Waals surface area contributed by atoms with E-state index in [2.05, 4.69) is 10.5 Å². The lowest BCUT2D eigenvalue weighted by Crippen LogP contribution is -2.37. The lowest BCUT2D eigenvalue weighted by Gasteiger charge is -2.10. The highest BCUT2D eigenvalue weighted by atomic mass is 16.5. The number of nitrogens with one attached hydrogen (secondary N) is 1. The summed E-state index contributed by atoms with van der Waals surface area (Å²) in [6.07, 6.45) is 0.752. The van der Waals surface area contributed by atoms with Gasteiger partial charge in [-0.1, -0.05) is 5.16 Å². The van der Waals surface area contributed by atoms with Crippen molar-refractivity contribution in [1.29, 1.82) is 0 Å². The van der Waals surface area contributed by atoms with Crippen LogP contribution in [-0.4, -0.2) is 36.7 Å². The molecule has 0 saturated heterocycles. The van der Waals surface area contributed by atoms with Gasteiger partial charge in [0.1, 0.15) is 0 Å². The van der Waals surface area contributed by atoms with Crippen LogP contribution in [0.4, 0.5) is 0 Å². The highest BCUT2D eigenvalue weighted by molar-refractivity contribution is 6.01. The minimum absolute atomic E-state index is 0.0858. The summed E-state index contributed by atoms with van der Waals surface area (Å²) in [5.74, 6) is -0.943. The van der Waals surface area contributed by atoms with E-state index in [4.69, 9.17) is 15.7 Å². The molecule has 0 aliphatic carbocycles. The van der Waals surface area contributed by atoms with Gasteiger partial charge in [-0.25, -0.2) is 0 Å². The predicted octanol–water partition coefficient (Wildman–Crippen LogP) is -0.0883. The zero-order valence-electron chi connectivity index (χ0n) is 9.19. The van der Waals surface area contributed by atoms with Gasteiger partial charge in [0.2, 0.25) is 5.91 Å². The standard InChI is InChI=1S/C9H19N3O3/c1-3-15-6-4-5-11-9(13)7(2)8(10)12-14/h7,14H,3-6H2,1-2H3,(H2,10,12)(H,11,13). The molecule has 0 aliphatic rings. The summed E-state index contributed by atoms with van der Waals surface area (Å²) in [6, 6.07) is 0. The highest BCUT2D eigenvalue weighted by Crippen LogP contribution is 1.94. The molecule has 0 saturated carbocycles. The van der Waals surface area contributed by atoms with Gasteiger partial charge in [0.05, 0.1) is 5.92 Å². The van der Waals surface area contributed by atoms with Crippen LogP contribution in [0.3, 0.4) is 0 Å². The fourth-order valence-corrected chi connectivity index (χ4v) is 0.904. The second kappa shape index (κ2) is 8.05. The molecule has 0 bridgehead atoms. The van der Waals surface area contributed by atoms with E-state index in [0.717, 1.165) is 6.42 Å². The van der Waals surface area contributed by atoms with Gasteiger partial charge in [0.25, 0.3) is 0 Å². The van der Waals surface area contributed by atoms with Crippen LogP contribution in [-0.2, 0) is 9.53 Å². The third-order valence-corrected chi connectivity index (χ3v) is 1.92. The number of carbonyl (C=O) groups excluding carboxylic acids is 1. The fraction of sp³-hybridized carbons (Fsp3) is 0.778. The maximum atomic E-state index is 11.4. The summed E-state index contributed by atoms with van der Waals surface area (Å²) in [6.45, 7) is 5.32. The van der Waals surface area contributed by atoms with Gasteiger partial charge in [0, 0.05) is 19.8 Å². The summed E-state index contributed by atoms with van der Waals surface area (Å²) in [4.78, 5) is 11.4. The molecule has 0 spiro atoms. The van der Waals surface area contributed by atoms with Crippen LogP contribution in [0.2, 0.25) is 0 Å². The van der Waals surface area contributed by atoms with Crippen LogP contribution in [0.1, 0.15) is 20.3 Å². The number of amides is 1. The highest BCUT2D eigenvalue weighted by Gasteiger charge is 2.16. The van der Waals surface area contributed by atoms with Gasteiger partial charge in [-0.2, -0.15) is 0 Å². The zero-order chi connectivity index (χ0) is 11.7. The first-order valence-corrected chi connectivity index (χ1v) is 4.96. The molecule has 1 amide bonds. The second-order valence-electron chi connectivity index (χ2n) is 3.09. The monoisotopic (exact) mass is 217 g/mol. The van der Waals surface area contributed by atoms with Crippen molar-refractivity contribution in [2.45, 2.75) is 20.3 Å². The van der Waals surface area contributed by atoms with Crippen LogP contribution in [0.5, 0.6) is 0 Å². The Hall–Kier alpha value is -1.30. The van der Waals surface area contributed by atoms with Crippen molar-refractivity contribution in [2.75, 3.05) is 19.8 Å². The predicted molar refractivity (Wildman–Crippen MR) is 56.7 cm³/mol. The van der Waals surface area contributed by atoms with Crippen molar-refractivity contribution < 1.29 is 14.7 Å². The van der Waals surface area contributed by atoms with Gasteiger partial charge in [0.15, 0.2) is 5.84 Å². The van der Waals surface area contributed by atoms with E-state index in [1.165, 1.54) is 0 Å². The quantitative estimate of drug-likeness (QED) is 0.182. The van der Waals surface area contributed by atoms with Gasteiger partial charge < -0.3 is 21.0 Å². The number of nitrogens with zero attached hydrogens (tertiary/aromatic N) is 1. The Labute approximate surface area is 89.5 Å². The second-order valence-corrected chi connectivity index (χ2v) is 3.09. The molecule has 6 nitrogen and oxygen atoms in total. The normalized spacial score (nSPS) is 13.6. The smallest absolute Gasteiger partial charge is 0.230 e. The molecule has 6 heteroatoms. The molecule has 0 fully saturated rings. The minimum Gasteiger partial charge on any atom is -0.409 e. The van der Waals surface area contributed by atoms with Gasteiger partial charge in [-0.3, -0.25) is 4.79 Å². The van der Waals surface area contributed by atoms with Gasteiger partial charge in [-0.05, 0) is 20.3 Å². The summed E-state index contributed by atoms with van der Waals surface area (Å²) in [7, 11) is 0. The molecule has 0 aliphatic heterocycles. The number of rotatable bonds is 7. The Morgan fingerprint density at radius 1 is 1.67 bits per heavy atom. The van der Waals surface area contributed by atoms with Crippen molar-refractivity contribution in [1.82, 2.24) is 5.32 Å². The fourth-order valence-electron chi connectivity index (χ4n) is 0.904. The molecule has 88 valence electrons. The molecule has 0 aromatic carbocycles. The summed E-state index contributed by atoms with van der Waals surface area (Å²) < 4.78 is 5.10. The van der Waals surface area contributed by atoms with Crippen molar-refractivity contribution in [2.24, 2.45) is 16.8 Å². The van der Waals surface area contributed by atoms with Crippen LogP contribution >= 0.6 is 0 Å². The van der Waals surface area contributed by atoms with E-state index in [-0.39, 0.29) is 11.7 Å². The van der Waals surface area contributed by atoms with Crippen molar-refractivity contribution in [3.05, 3.63) is 0 Å². The molecule has 0 aromatic heterocycles. The number of hydrogen-bond acceptors (Lipinski definition) is 4. The first kappa shape index (κ1) is 13.7. The molecule has 4 N–H and O–H groups in total. The maximum absolute atomic E-state index is 11.4. The molecule has 0 heterocycles. The van der Waals surface area contributed by atoms with Crippen molar-refractivity contribution in [3.8, 4) is 0 Å². The topological polar surface area (TPSA) is 96.9 Å².